The van der Waals surface area contributed by atoms with E-state index in [9.17, 15) is 4.79 Å². The van der Waals surface area contributed by atoms with E-state index in [1.54, 1.807) is 0 Å². The van der Waals surface area contributed by atoms with Crippen LogP contribution in [0, 0.1) is 5.92 Å². The highest BCUT2D eigenvalue weighted by Crippen LogP contribution is 2.52. The Morgan fingerprint density at radius 1 is 1.38 bits per heavy atom. The van der Waals surface area contributed by atoms with E-state index >= 15 is 0 Å². The van der Waals surface area contributed by atoms with E-state index in [0.29, 0.717) is 6.54 Å². The number of rotatable bonds is 2. The molecule has 0 aromatic heterocycles. The molecule has 1 aromatic rings. The van der Waals surface area contributed by atoms with Crippen LogP contribution < -0.4 is 10.1 Å². The largest absolute Gasteiger partial charge is 0.487 e. The zero-order chi connectivity index (χ0) is 16.9. The third kappa shape index (κ3) is 2.42. The number of benzene rings is 1. The Morgan fingerprint density at radius 2 is 2.17 bits per heavy atom. The molecule has 24 heavy (non-hydrogen) atoms. The number of para-hydroxylation sites is 1. The Balaban J connectivity index is 1.64. The molecule has 3 aliphatic rings. The normalized spacial score (nSPS) is 33.2. The predicted octanol–water partition coefficient (Wildman–Crippen LogP) is 2.12. The Kier molecular flexibility index (Phi) is 3.81. The average molecular weight is 330 g/mol. The van der Waals surface area contributed by atoms with Crippen LogP contribution in [0.3, 0.4) is 0 Å². The van der Waals surface area contributed by atoms with Gasteiger partial charge in [-0.25, -0.2) is 0 Å². The number of nitrogens with one attached hydrogen (secondary N) is 1. The van der Waals surface area contributed by atoms with Crippen LogP contribution in [0.2, 0.25) is 0 Å². The summed E-state index contributed by atoms with van der Waals surface area (Å²) in [6.07, 6.45) is 2.05. The zero-order valence-electron chi connectivity index (χ0n) is 14.6. The molecule has 2 saturated heterocycles. The Labute approximate surface area is 143 Å². The quantitative estimate of drug-likeness (QED) is 0.902. The van der Waals surface area contributed by atoms with Crippen molar-refractivity contribution in [3.05, 3.63) is 29.8 Å². The molecule has 4 atom stereocenters. The number of amides is 1. The highest BCUT2D eigenvalue weighted by Gasteiger charge is 2.53. The summed E-state index contributed by atoms with van der Waals surface area (Å²) >= 11 is 0. The van der Waals surface area contributed by atoms with E-state index < -0.39 is 0 Å². The van der Waals surface area contributed by atoms with Crippen molar-refractivity contribution < 1.29 is 14.3 Å². The number of carbonyl (C=O) groups excluding carboxylic acids is 1. The van der Waals surface area contributed by atoms with Gasteiger partial charge in [0.2, 0.25) is 5.91 Å². The average Bonchev–Trinajstić information content (AvgIpc) is 2.96. The van der Waals surface area contributed by atoms with Crippen molar-refractivity contribution >= 4 is 5.91 Å². The van der Waals surface area contributed by atoms with E-state index in [2.05, 4.69) is 25.2 Å². The smallest absolute Gasteiger partial charge is 0.236 e. The first-order chi connectivity index (χ1) is 11.5. The Morgan fingerprint density at radius 3 is 2.96 bits per heavy atom. The third-order valence-corrected chi connectivity index (χ3v) is 5.81. The van der Waals surface area contributed by atoms with Crippen LogP contribution in [0.25, 0.3) is 0 Å². The molecule has 1 N–H and O–H groups in total. The number of ether oxygens (including phenoxy) is 2. The molecule has 0 unspecified atom stereocenters. The summed E-state index contributed by atoms with van der Waals surface area (Å²) in [5, 5.41) is 2.97. The van der Waals surface area contributed by atoms with Gasteiger partial charge >= 0.3 is 0 Å². The van der Waals surface area contributed by atoms with E-state index in [0.717, 1.165) is 30.7 Å². The van der Waals surface area contributed by atoms with Gasteiger partial charge in [0.1, 0.15) is 11.4 Å². The summed E-state index contributed by atoms with van der Waals surface area (Å²) in [6.45, 7) is 5.45. The monoisotopic (exact) mass is 330 g/mol. The second-order valence-corrected chi connectivity index (χ2v) is 7.65. The van der Waals surface area contributed by atoms with Gasteiger partial charge in [0.25, 0.3) is 0 Å². The predicted molar refractivity (Wildman–Crippen MR) is 90.9 cm³/mol. The summed E-state index contributed by atoms with van der Waals surface area (Å²) in [7, 11) is 1.81. The molecule has 4 rings (SSSR count). The van der Waals surface area contributed by atoms with Crippen molar-refractivity contribution in [3.8, 4) is 5.75 Å². The minimum Gasteiger partial charge on any atom is -0.487 e. The fraction of sp³-hybridized carbons (Fsp3) is 0.632. The van der Waals surface area contributed by atoms with Gasteiger partial charge < -0.3 is 19.7 Å². The molecule has 5 heteroatoms. The summed E-state index contributed by atoms with van der Waals surface area (Å²) in [4.78, 5) is 14.4. The number of likely N-dealkylation sites (N-methyl/N-ethyl adjacent to an activating group) is 1. The van der Waals surface area contributed by atoms with Crippen molar-refractivity contribution in [1.82, 2.24) is 10.2 Å². The lowest BCUT2D eigenvalue weighted by atomic mass is 9.74. The van der Waals surface area contributed by atoms with Crippen LogP contribution in [0.15, 0.2) is 24.3 Å². The lowest BCUT2D eigenvalue weighted by Gasteiger charge is -2.50. The van der Waals surface area contributed by atoms with Gasteiger partial charge in [0.05, 0.1) is 24.8 Å². The number of fused-ring (bicyclic) bond motifs is 4. The lowest BCUT2D eigenvalue weighted by Crippen LogP contribution is -2.55. The Bertz CT molecular complexity index is 645. The Hall–Kier alpha value is -1.59. The third-order valence-electron chi connectivity index (χ3n) is 5.81. The molecule has 0 bridgehead atoms. The summed E-state index contributed by atoms with van der Waals surface area (Å²) < 4.78 is 12.8. The van der Waals surface area contributed by atoms with Crippen molar-refractivity contribution in [3.63, 3.8) is 0 Å². The highest BCUT2D eigenvalue weighted by atomic mass is 16.5. The number of carbonyl (C=O) groups is 1. The molecule has 3 aliphatic heterocycles. The molecule has 0 aliphatic carbocycles. The van der Waals surface area contributed by atoms with Crippen LogP contribution in [0.1, 0.15) is 38.4 Å². The minimum atomic E-state index is -0.301. The number of nitrogens with zero attached hydrogens (tertiary/aromatic N) is 1. The van der Waals surface area contributed by atoms with Gasteiger partial charge in [0.15, 0.2) is 0 Å². The molecule has 0 radical (unpaired) electrons. The standard InChI is InChI=1S/C19H26N2O3/c1-19(2)13-10-14-16(8-9-21(14)17(22)11-20-3)23-18(13)12-6-4-5-7-15(12)24-19/h4-7,13-14,16,18,20H,8-11H2,1-3H3/t13-,14-,16-,18+/m1/s1. The van der Waals surface area contributed by atoms with E-state index in [-0.39, 0.29) is 35.7 Å². The molecular formula is C19H26N2O3. The van der Waals surface area contributed by atoms with Crippen molar-refractivity contribution in [2.75, 3.05) is 20.1 Å². The van der Waals surface area contributed by atoms with Crippen molar-refractivity contribution in [2.24, 2.45) is 5.92 Å². The summed E-state index contributed by atoms with van der Waals surface area (Å²) in [5.41, 5.74) is 0.852. The van der Waals surface area contributed by atoms with E-state index in [1.807, 2.05) is 30.1 Å². The maximum absolute atomic E-state index is 12.4. The zero-order valence-corrected chi connectivity index (χ0v) is 14.6. The van der Waals surface area contributed by atoms with E-state index in [1.165, 1.54) is 0 Å². The number of hydrogen-bond acceptors (Lipinski definition) is 4. The fourth-order valence-corrected chi connectivity index (χ4v) is 4.60. The number of hydrogen-bond donors (Lipinski definition) is 1. The molecule has 1 aromatic carbocycles. The highest BCUT2D eigenvalue weighted by molar-refractivity contribution is 5.79. The summed E-state index contributed by atoms with van der Waals surface area (Å²) in [5.74, 6) is 1.35. The summed E-state index contributed by atoms with van der Waals surface area (Å²) in [6, 6.07) is 8.36. The molecule has 5 nitrogen and oxygen atoms in total. The SMILES string of the molecule is CNCC(=O)N1CC[C@H]2O[C@H]3c4ccccc4OC(C)(C)[C@@H]3C[C@H]21. The first kappa shape index (κ1) is 15.9. The van der Waals surface area contributed by atoms with Gasteiger partial charge in [-0.1, -0.05) is 18.2 Å². The maximum Gasteiger partial charge on any atom is 0.236 e. The molecule has 2 fully saturated rings. The second kappa shape index (κ2) is 5.74. The van der Waals surface area contributed by atoms with Gasteiger partial charge in [-0.05, 0) is 39.8 Å². The second-order valence-electron chi connectivity index (χ2n) is 7.65. The van der Waals surface area contributed by atoms with Crippen LogP contribution in [-0.2, 0) is 9.53 Å². The van der Waals surface area contributed by atoms with Gasteiger partial charge in [0, 0.05) is 18.0 Å². The number of likely N-dealkylation sites (tertiary alicyclic amines) is 1. The molecule has 0 spiro atoms. The molecule has 0 saturated carbocycles. The van der Waals surface area contributed by atoms with Crippen molar-refractivity contribution in [2.45, 2.75) is 50.5 Å². The molecule has 3 heterocycles. The molecule has 130 valence electrons. The topological polar surface area (TPSA) is 50.8 Å². The van der Waals surface area contributed by atoms with Gasteiger partial charge in [-0.15, -0.1) is 0 Å². The van der Waals surface area contributed by atoms with Crippen LogP contribution >= 0.6 is 0 Å². The maximum atomic E-state index is 12.4. The van der Waals surface area contributed by atoms with Crippen LogP contribution in [0.5, 0.6) is 5.75 Å². The molecular weight excluding hydrogens is 304 g/mol. The fourth-order valence-electron chi connectivity index (χ4n) is 4.60. The first-order valence-corrected chi connectivity index (χ1v) is 8.89. The lowest BCUT2D eigenvalue weighted by molar-refractivity contribution is -0.167. The van der Waals surface area contributed by atoms with Crippen LogP contribution in [-0.4, -0.2) is 48.7 Å². The van der Waals surface area contributed by atoms with Gasteiger partial charge in [-0.2, -0.15) is 0 Å². The van der Waals surface area contributed by atoms with Gasteiger partial charge in [-0.3, -0.25) is 4.79 Å². The van der Waals surface area contributed by atoms with Crippen molar-refractivity contribution in [1.29, 1.82) is 0 Å². The molecule has 1 amide bonds. The first-order valence-electron chi connectivity index (χ1n) is 8.89. The van der Waals surface area contributed by atoms with E-state index in [4.69, 9.17) is 9.47 Å². The minimum absolute atomic E-state index is 0.0607. The van der Waals surface area contributed by atoms with Crippen LogP contribution in [0.4, 0.5) is 0 Å².